The van der Waals surface area contributed by atoms with Crippen LogP contribution in [0.4, 0.5) is 8.78 Å². The van der Waals surface area contributed by atoms with E-state index >= 15 is 0 Å². The lowest BCUT2D eigenvalue weighted by atomic mass is 10.0. The molecule has 1 saturated carbocycles. The van der Waals surface area contributed by atoms with E-state index in [1.165, 1.54) is 12.1 Å². The highest BCUT2D eigenvalue weighted by molar-refractivity contribution is 5.28. The Kier molecular flexibility index (Phi) is 3.45. The average Bonchev–Trinajstić information content (AvgIpc) is 3.10. The minimum absolute atomic E-state index is 0.0204. The zero-order chi connectivity index (χ0) is 12.5. The number of rotatable bonds is 5. The monoisotopic (exact) mass is 241 g/mol. The summed E-state index contributed by atoms with van der Waals surface area (Å²) in [6.07, 6.45) is 1.84. The van der Waals surface area contributed by atoms with Gasteiger partial charge in [0.05, 0.1) is 6.10 Å². The van der Waals surface area contributed by atoms with Gasteiger partial charge in [-0.2, -0.15) is 8.78 Å². The van der Waals surface area contributed by atoms with E-state index in [2.05, 4.69) is 0 Å². The van der Waals surface area contributed by atoms with Crippen molar-refractivity contribution in [3.8, 4) is 0 Å². The van der Waals surface area contributed by atoms with E-state index in [1.54, 1.807) is 19.1 Å². The number of nitrogens with two attached hydrogens (primary N) is 1. The number of benzene rings is 1. The van der Waals surface area contributed by atoms with Crippen LogP contribution in [0.5, 0.6) is 0 Å². The van der Waals surface area contributed by atoms with Gasteiger partial charge in [0.1, 0.15) is 6.61 Å². The molecule has 2 nitrogen and oxygen atoms in total. The number of halogens is 2. The normalized spacial score (nSPS) is 18.1. The number of ether oxygens (including phenoxy) is 1. The quantitative estimate of drug-likeness (QED) is 0.860. The molecule has 1 aliphatic carbocycles. The van der Waals surface area contributed by atoms with Gasteiger partial charge in [-0.25, -0.2) is 0 Å². The molecule has 0 spiro atoms. The summed E-state index contributed by atoms with van der Waals surface area (Å²) in [5, 5.41) is 0. The molecule has 2 rings (SSSR count). The fourth-order valence-electron chi connectivity index (χ4n) is 1.59. The first-order chi connectivity index (χ1) is 7.99. The predicted octanol–water partition coefficient (Wildman–Crippen LogP) is 2.98. The molecule has 0 aromatic heterocycles. The van der Waals surface area contributed by atoms with Crippen LogP contribution in [0.15, 0.2) is 24.3 Å². The molecule has 1 aliphatic rings. The number of alkyl halides is 2. The number of hydrogen-bond donors (Lipinski definition) is 1. The van der Waals surface area contributed by atoms with E-state index in [0.717, 1.165) is 12.8 Å². The first-order valence-corrected chi connectivity index (χ1v) is 5.84. The van der Waals surface area contributed by atoms with Crippen molar-refractivity contribution >= 4 is 0 Å². The van der Waals surface area contributed by atoms with Crippen LogP contribution in [-0.4, -0.2) is 12.7 Å². The Balaban J connectivity index is 2.09. The van der Waals surface area contributed by atoms with E-state index in [9.17, 15) is 8.78 Å². The lowest BCUT2D eigenvalue weighted by molar-refractivity contribution is -0.0873. The molecular weight excluding hydrogens is 224 g/mol. The number of hydrogen-bond acceptors (Lipinski definition) is 2. The van der Waals surface area contributed by atoms with Gasteiger partial charge in [-0.05, 0) is 31.4 Å². The van der Waals surface area contributed by atoms with Gasteiger partial charge in [-0.1, -0.05) is 18.2 Å². The second kappa shape index (κ2) is 4.70. The van der Waals surface area contributed by atoms with Crippen molar-refractivity contribution < 1.29 is 13.5 Å². The highest BCUT2D eigenvalue weighted by atomic mass is 19.3. The summed E-state index contributed by atoms with van der Waals surface area (Å²) in [4.78, 5) is 0. The van der Waals surface area contributed by atoms with E-state index in [4.69, 9.17) is 10.5 Å². The Morgan fingerprint density at radius 1 is 1.47 bits per heavy atom. The maximum atomic E-state index is 13.8. The molecule has 2 N–H and O–H groups in total. The van der Waals surface area contributed by atoms with Crippen LogP contribution in [0.25, 0.3) is 0 Å². The zero-order valence-electron chi connectivity index (χ0n) is 9.83. The molecule has 1 atom stereocenters. The van der Waals surface area contributed by atoms with Gasteiger partial charge in [0.2, 0.25) is 0 Å². The van der Waals surface area contributed by atoms with Gasteiger partial charge in [0.25, 0.3) is 5.92 Å². The van der Waals surface area contributed by atoms with Crippen LogP contribution in [0.1, 0.15) is 36.9 Å². The van der Waals surface area contributed by atoms with Crippen molar-refractivity contribution in [1.82, 2.24) is 0 Å². The summed E-state index contributed by atoms with van der Waals surface area (Å²) in [5.74, 6) is -2.94. The van der Waals surface area contributed by atoms with Gasteiger partial charge < -0.3 is 10.5 Å². The van der Waals surface area contributed by atoms with E-state index in [1.807, 2.05) is 0 Å². The molecule has 0 aliphatic heterocycles. The lowest BCUT2D eigenvalue weighted by Crippen LogP contribution is -2.22. The summed E-state index contributed by atoms with van der Waals surface area (Å²) < 4.78 is 32.7. The van der Waals surface area contributed by atoms with Crippen LogP contribution in [0, 0.1) is 0 Å². The fraction of sp³-hybridized carbons (Fsp3) is 0.538. The molecule has 1 aromatic rings. The van der Waals surface area contributed by atoms with Gasteiger partial charge in [-0.15, -0.1) is 0 Å². The maximum absolute atomic E-state index is 13.8. The predicted molar refractivity (Wildman–Crippen MR) is 61.9 cm³/mol. The van der Waals surface area contributed by atoms with Gasteiger partial charge >= 0.3 is 0 Å². The molecule has 1 aromatic carbocycles. The minimum Gasteiger partial charge on any atom is -0.372 e. The smallest absolute Gasteiger partial charge is 0.296 e. The van der Waals surface area contributed by atoms with E-state index in [-0.39, 0.29) is 17.7 Å². The standard InChI is InChI=1S/C13H17F2NO/c1-9(16)10-3-2-4-11(7-10)13(14,15)8-17-12-5-6-12/h2-4,7,9,12H,5-6,8,16H2,1H3/t9-/m1/s1. The lowest BCUT2D eigenvalue weighted by Gasteiger charge is -2.18. The van der Waals surface area contributed by atoms with Crippen molar-refractivity contribution in [1.29, 1.82) is 0 Å². The molecule has 1 fully saturated rings. The highest BCUT2D eigenvalue weighted by Gasteiger charge is 2.35. The SMILES string of the molecule is C[C@@H](N)c1cccc(C(F)(F)COC2CC2)c1. The summed E-state index contributed by atoms with van der Waals surface area (Å²) in [6, 6.07) is 6.00. The highest BCUT2D eigenvalue weighted by Crippen LogP contribution is 2.33. The minimum atomic E-state index is -2.94. The van der Waals surface area contributed by atoms with Crippen molar-refractivity contribution in [2.45, 2.75) is 37.8 Å². The van der Waals surface area contributed by atoms with Crippen molar-refractivity contribution in [2.75, 3.05) is 6.61 Å². The second-order valence-electron chi connectivity index (χ2n) is 4.63. The third-order valence-electron chi connectivity index (χ3n) is 2.86. The first-order valence-electron chi connectivity index (χ1n) is 5.84. The zero-order valence-corrected chi connectivity index (χ0v) is 9.83. The Morgan fingerprint density at radius 3 is 2.76 bits per heavy atom. The van der Waals surface area contributed by atoms with Gasteiger partial charge in [0.15, 0.2) is 0 Å². The van der Waals surface area contributed by atoms with Gasteiger partial charge in [-0.3, -0.25) is 0 Å². The molecule has 17 heavy (non-hydrogen) atoms. The summed E-state index contributed by atoms with van der Waals surface area (Å²) in [5.41, 5.74) is 6.38. The summed E-state index contributed by atoms with van der Waals surface area (Å²) in [6.45, 7) is 1.23. The van der Waals surface area contributed by atoms with Crippen LogP contribution in [0.3, 0.4) is 0 Å². The molecule has 0 radical (unpaired) electrons. The molecule has 0 saturated heterocycles. The average molecular weight is 241 g/mol. The first kappa shape index (κ1) is 12.5. The molecule has 0 heterocycles. The molecule has 94 valence electrons. The molecule has 0 amide bonds. The Bertz CT molecular complexity index is 389. The molecule has 0 unspecified atom stereocenters. The molecular formula is C13H17F2NO. The van der Waals surface area contributed by atoms with E-state index < -0.39 is 12.5 Å². The Labute approximate surface area is 99.8 Å². The molecule has 0 bridgehead atoms. The maximum Gasteiger partial charge on any atom is 0.296 e. The van der Waals surface area contributed by atoms with E-state index in [0.29, 0.717) is 5.56 Å². The summed E-state index contributed by atoms with van der Waals surface area (Å²) >= 11 is 0. The third-order valence-corrected chi connectivity index (χ3v) is 2.86. The topological polar surface area (TPSA) is 35.2 Å². The van der Waals surface area contributed by atoms with Crippen LogP contribution in [0.2, 0.25) is 0 Å². The largest absolute Gasteiger partial charge is 0.372 e. The van der Waals surface area contributed by atoms with Crippen molar-refractivity contribution in [2.24, 2.45) is 5.73 Å². The van der Waals surface area contributed by atoms with Crippen LogP contribution >= 0.6 is 0 Å². The van der Waals surface area contributed by atoms with Crippen LogP contribution < -0.4 is 5.73 Å². The third kappa shape index (κ3) is 3.23. The van der Waals surface area contributed by atoms with Crippen LogP contribution in [-0.2, 0) is 10.7 Å². The fourth-order valence-corrected chi connectivity index (χ4v) is 1.59. The Morgan fingerprint density at radius 2 is 2.18 bits per heavy atom. The Hall–Kier alpha value is -1.00. The van der Waals surface area contributed by atoms with Gasteiger partial charge in [0, 0.05) is 11.6 Å². The van der Waals surface area contributed by atoms with Crippen molar-refractivity contribution in [3.05, 3.63) is 35.4 Å². The molecule has 4 heteroatoms. The van der Waals surface area contributed by atoms with Crippen molar-refractivity contribution in [3.63, 3.8) is 0 Å². The second-order valence-corrected chi connectivity index (χ2v) is 4.63. The summed E-state index contributed by atoms with van der Waals surface area (Å²) in [7, 11) is 0.